The van der Waals surface area contributed by atoms with Crippen LogP contribution >= 0.6 is 0 Å². The summed E-state index contributed by atoms with van der Waals surface area (Å²) in [6.45, 7) is 9.05. The number of rotatable bonds is 7. The number of ether oxygens (including phenoxy) is 2. The van der Waals surface area contributed by atoms with Crippen molar-refractivity contribution in [1.29, 1.82) is 0 Å². The van der Waals surface area contributed by atoms with Gasteiger partial charge in [-0.05, 0) is 60.7 Å². The van der Waals surface area contributed by atoms with Crippen LogP contribution in [0.2, 0.25) is 0 Å². The van der Waals surface area contributed by atoms with Crippen molar-refractivity contribution in [2.24, 2.45) is 5.92 Å². The molecule has 0 fully saturated rings. The second kappa shape index (κ2) is 10.4. The number of halogens is 2. The van der Waals surface area contributed by atoms with Crippen LogP contribution in [0.5, 0.6) is 11.5 Å². The summed E-state index contributed by atoms with van der Waals surface area (Å²) in [7, 11) is 0. The molecule has 170 valence electrons. The lowest BCUT2D eigenvalue weighted by atomic mass is 9.94. The Morgan fingerprint density at radius 1 is 1.12 bits per heavy atom. The zero-order valence-corrected chi connectivity index (χ0v) is 18.9. The van der Waals surface area contributed by atoms with E-state index in [4.69, 9.17) is 9.47 Å². The van der Waals surface area contributed by atoms with E-state index in [2.05, 4.69) is 25.2 Å². The molecule has 1 aliphatic heterocycles. The van der Waals surface area contributed by atoms with Crippen molar-refractivity contribution in [2.45, 2.75) is 40.2 Å². The van der Waals surface area contributed by atoms with Crippen LogP contribution in [0.1, 0.15) is 48.7 Å². The second-order valence-electron chi connectivity index (χ2n) is 8.04. The summed E-state index contributed by atoms with van der Waals surface area (Å²) in [6.07, 6.45) is 6.87. The summed E-state index contributed by atoms with van der Waals surface area (Å²) < 4.78 is 39.2. The number of aryl methyl sites for hydroxylation is 1. The third-order valence-corrected chi connectivity index (χ3v) is 5.42. The fourth-order valence-electron chi connectivity index (χ4n) is 3.45. The number of allylic oxidation sites excluding steroid dienone is 3. The molecule has 1 heterocycles. The van der Waals surface area contributed by atoms with E-state index in [1.807, 2.05) is 25.1 Å². The molecule has 2 aromatic rings. The van der Waals surface area contributed by atoms with Crippen molar-refractivity contribution in [3.63, 3.8) is 0 Å². The van der Waals surface area contributed by atoms with E-state index in [-0.39, 0.29) is 0 Å². The highest BCUT2D eigenvalue weighted by Gasteiger charge is 2.19. The predicted octanol–water partition coefficient (Wildman–Crippen LogP) is 5.85. The molecule has 3 rings (SSSR count). The number of hydrogen-bond donors (Lipinski definition) is 1. The van der Waals surface area contributed by atoms with Gasteiger partial charge in [-0.1, -0.05) is 44.6 Å². The normalized spacial score (nSPS) is 15.5. The molecule has 2 atom stereocenters. The lowest BCUT2D eigenvalue weighted by molar-refractivity contribution is 0.0938. The summed E-state index contributed by atoms with van der Waals surface area (Å²) in [5, 5.41) is 2.64. The van der Waals surface area contributed by atoms with Gasteiger partial charge in [-0.3, -0.25) is 4.79 Å². The fraction of sp³-hybridized carbons (Fsp3) is 0.346. The highest BCUT2D eigenvalue weighted by molar-refractivity contribution is 5.95. The van der Waals surface area contributed by atoms with Crippen molar-refractivity contribution in [3.05, 3.63) is 76.9 Å². The van der Waals surface area contributed by atoms with E-state index in [1.165, 1.54) is 6.07 Å². The van der Waals surface area contributed by atoms with Gasteiger partial charge >= 0.3 is 0 Å². The average Bonchev–Trinajstić information content (AvgIpc) is 2.76. The highest BCUT2D eigenvalue weighted by atomic mass is 19.1. The minimum Gasteiger partial charge on any atom is -0.486 e. The maximum absolute atomic E-state index is 13.9. The predicted molar refractivity (Wildman–Crippen MR) is 122 cm³/mol. The SMILES string of the molecule is CCC(C)C=C(C=CC(C)NC(=O)c1c(F)cccc1F)c1cc2c(cc1C)OCCO2. The summed E-state index contributed by atoms with van der Waals surface area (Å²) in [4.78, 5) is 12.4. The van der Waals surface area contributed by atoms with Gasteiger partial charge in [-0.2, -0.15) is 0 Å². The van der Waals surface area contributed by atoms with Crippen LogP contribution in [-0.4, -0.2) is 25.2 Å². The number of fused-ring (bicyclic) bond motifs is 1. The standard InChI is InChI=1S/C26H29F2NO3/c1-5-16(2)13-19(20-15-24-23(14-17(20)3)31-11-12-32-24)10-9-18(4)29-26(30)25-21(27)7-6-8-22(25)28/h6-10,13-16,18H,5,11-12H2,1-4H3,(H,29,30). The first kappa shape index (κ1) is 23.5. The Bertz CT molecular complexity index is 1030. The lowest BCUT2D eigenvalue weighted by Gasteiger charge is -2.21. The van der Waals surface area contributed by atoms with Crippen LogP contribution in [0, 0.1) is 24.5 Å². The Morgan fingerprint density at radius 2 is 1.75 bits per heavy atom. The Labute approximate surface area is 187 Å². The van der Waals surface area contributed by atoms with Crippen molar-refractivity contribution in [2.75, 3.05) is 13.2 Å². The number of hydrogen-bond acceptors (Lipinski definition) is 3. The zero-order valence-electron chi connectivity index (χ0n) is 18.9. The van der Waals surface area contributed by atoms with Gasteiger partial charge in [0.2, 0.25) is 0 Å². The molecule has 0 saturated heterocycles. The molecule has 0 aliphatic carbocycles. The molecule has 0 bridgehead atoms. The van der Waals surface area contributed by atoms with E-state index in [0.717, 1.165) is 41.0 Å². The van der Waals surface area contributed by atoms with Gasteiger partial charge in [-0.15, -0.1) is 0 Å². The topological polar surface area (TPSA) is 47.6 Å². The van der Waals surface area contributed by atoms with Gasteiger partial charge in [-0.25, -0.2) is 8.78 Å². The quantitative estimate of drug-likeness (QED) is 0.549. The first-order valence-corrected chi connectivity index (χ1v) is 10.9. The number of carbonyl (C=O) groups excluding carboxylic acids is 1. The molecular formula is C26H29F2NO3. The maximum atomic E-state index is 13.9. The van der Waals surface area contributed by atoms with Gasteiger partial charge < -0.3 is 14.8 Å². The first-order valence-electron chi connectivity index (χ1n) is 10.9. The maximum Gasteiger partial charge on any atom is 0.257 e. The van der Waals surface area contributed by atoms with Crippen LogP contribution in [-0.2, 0) is 0 Å². The smallest absolute Gasteiger partial charge is 0.257 e. The van der Waals surface area contributed by atoms with Gasteiger partial charge in [0.05, 0.1) is 0 Å². The number of carbonyl (C=O) groups is 1. The molecule has 1 amide bonds. The number of nitrogens with one attached hydrogen (secondary N) is 1. The lowest BCUT2D eigenvalue weighted by Crippen LogP contribution is -2.32. The Balaban J connectivity index is 1.85. The Hall–Kier alpha value is -3.15. The van der Waals surface area contributed by atoms with Crippen LogP contribution in [0.3, 0.4) is 0 Å². The summed E-state index contributed by atoms with van der Waals surface area (Å²) in [5.41, 5.74) is 2.45. The highest BCUT2D eigenvalue weighted by Crippen LogP contribution is 2.36. The minimum absolute atomic E-state index is 0.333. The van der Waals surface area contributed by atoms with E-state index >= 15 is 0 Å². The molecule has 2 aromatic carbocycles. The summed E-state index contributed by atoms with van der Waals surface area (Å²) >= 11 is 0. The molecule has 1 aliphatic rings. The third-order valence-electron chi connectivity index (χ3n) is 5.42. The van der Waals surface area contributed by atoms with Crippen LogP contribution in [0.4, 0.5) is 8.78 Å². The Morgan fingerprint density at radius 3 is 2.38 bits per heavy atom. The molecule has 32 heavy (non-hydrogen) atoms. The second-order valence-corrected chi connectivity index (χ2v) is 8.04. The number of benzene rings is 2. The van der Waals surface area contributed by atoms with Crippen molar-refractivity contribution >= 4 is 11.5 Å². The molecule has 1 N–H and O–H groups in total. The minimum atomic E-state index is -0.886. The molecule has 4 nitrogen and oxygen atoms in total. The number of amides is 1. The van der Waals surface area contributed by atoms with Gasteiger partial charge in [0.25, 0.3) is 5.91 Å². The molecule has 0 saturated carbocycles. The molecule has 0 aromatic heterocycles. The van der Waals surface area contributed by atoms with E-state index in [1.54, 1.807) is 13.0 Å². The van der Waals surface area contributed by atoms with Crippen LogP contribution < -0.4 is 14.8 Å². The van der Waals surface area contributed by atoms with Crippen molar-refractivity contribution < 1.29 is 23.0 Å². The van der Waals surface area contributed by atoms with E-state index in [9.17, 15) is 13.6 Å². The van der Waals surface area contributed by atoms with Crippen molar-refractivity contribution in [1.82, 2.24) is 5.32 Å². The zero-order chi connectivity index (χ0) is 23.3. The molecule has 0 radical (unpaired) electrons. The molecular weight excluding hydrogens is 412 g/mol. The van der Waals surface area contributed by atoms with Crippen molar-refractivity contribution in [3.8, 4) is 11.5 Å². The molecule has 0 spiro atoms. The third kappa shape index (κ3) is 5.55. The van der Waals surface area contributed by atoms with Crippen LogP contribution in [0.15, 0.2) is 48.6 Å². The largest absolute Gasteiger partial charge is 0.486 e. The summed E-state index contributed by atoms with van der Waals surface area (Å²) in [6, 6.07) is 6.85. The average molecular weight is 442 g/mol. The van der Waals surface area contributed by atoms with Crippen LogP contribution in [0.25, 0.3) is 5.57 Å². The molecule has 6 heteroatoms. The Kier molecular flexibility index (Phi) is 7.67. The van der Waals surface area contributed by atoms with Gasteiger partial charge in [0.1, 0.15) is 30.4 Å². The first-order chi connectivity index (χ1) is 15.3. The van der Waals surface area contributed by atoms with Gasteiger partial charge in [0.15, 0.2) is 11.5 Å². The van der Waals surface area contributed by atoms with E-state index in [0.29, 0.717) is 24.9 Å². The molecule has 2 unspecified atom stereocenters. The monoisotopic (exact) mass is 441 g/mol. The van der Waals surface area contributed by atoms with Gasteiger partial charge in [0, 0.05) is 6.04 Å². The fourth-order valence-corrected chi connectivity index (χ4v) is 3.45. The van der Waals surface area contributed by atoms with E-state index < -0.39 is 29.1 Å². The summed E-state index contributed by atoms with van der Waals surface area (Å²) in [5.74, 6) is -0.792.